The van der Waals surface area contributed by atoms with Gasteiger partial charge in [0.2, 0.25) is 5.91 Å². The van der Waals surface area contributed by atoms with Crippen LogP contribution in [0.2, 0.25) is 0 Å². The third kappa shape index (κ3) is 2.98. The zero-order valence-electron chi connectivity index (χ0n) is 13.5. The number of carbonyl (C=O) groups is 2. The zero-order chi connectivity index (χ0) is 16.5. The fourth-order valence-corrected chi connectivity index (χ4v) is 3.38. The number of hydrogen-bond acceptors (Lipinski definition) is 4. The highest BCUT2D eigenvalue weighted by atomic mass is 16.2. The maximum atomic E-state index is 12.5. The molecule has 0 bridgehead atoms. The molecular weight excluding hydrogens is 306 g/mol. The number of pyridine rings is 1. The number of carbonyl (C=O) groups excluding carboxylic acids is 2. The summed E-state index contributed by atoms with van der Waals surface area (Å²) in [6, 6.07) is 3.56. The van der Waals surface area contributed by atoms with Crippen molar-refractivity contribution in [2.45, 2.75) is 25.7 Å². The minimum atomic E-state index is -0.140. The first-order valence-corrected chi connectivity index (χ1v) is 8.57. The van der Waals surface area contributed by atoms with Crippen molar-refractivity contribution in [3.63, 3.8) is 0 Å². The molecule has 3 heterocycles. The van der Waals surface area contributed by atoms with E-state index < -0.39 is 0 Å². The minimum absolute atomic E-state index is 0.140. The van der Waals surface area contributed by atoms with Gasteiger partial charge in [-0.15, -0.1) is 10.2 Å². The van der Waals surface area contributed by atoms with Crippen LogP contribution in [0, 0.1) is 11.8 Å². The lowest BCUT2D eigenvalue weighted by atomic mass is 9.97. The first-order chi connectivity index (χ1) is 11.7. The number of piperidine rings is 1. The lowest BCUT2D eigenvalue weighted by Crippen LogP contribution is -2.44. The Kier molecular flexibility index (Phi) is 3.92. The average molecular weight is 327 g/mol. The molecule has 2 aromatic rings. The first-order valence-electron chi connectivity index (χ1n) is 8.57. The molecule has 1 saturated heterocycles. The Hall–Kier alpha value is -2.44. The molecule has 1 aliphatic carbocycles. The van der Waals surface area contributed by atoms with E-state index in [1.165, 1.54) is 0 Å². The van der Waals surface area contributed by atoms with E-state index in [2.05, 4.69) is 15.5 Å². The van der Waals surface area contributed by atoms with Crippen LogP contribution in [0.4, 0.5) is 0 Å². The Balaban J connectivity index is 1.36. The van der Waals surface area contributed by atoms with Crippen LogP contribution in [0.3, 0.4) is 0 Å². The molecule has 4 rings (SSSR count). The molecule has 0 aromatic carbocycles. The number of nitrogens with one attached hydrogen (secondary N) is 1. The second kappa shape index (κ2) is 6.22. The highest BCUT2D eigenvalue weighted by molar-refractivity contribution is 5.99. The molecular formula is C17H21N5O2. The van der Waals surface area contributed by atoms with Crippen molar-refractivity contribution in [3.8, 4) is 0 Å². The van der Waals surface area contributed by atoms with Crippen molar-refractivity contribution in [1.82, 2.24) is 24.8 Å². The van der Waals surface area contributed by atoms with Crippen molar-refractivity contribution in [1.29, 1.82) is 0 Å². The fraction of sp³-hybridized carbons (Fsp3) is 0.529. The van der Waals surface area contributed by atoms with Gasteiger partial charge in [0.05, 0.1) is 5.56 Å². The summed E-state index contributed by atoms with van der Waals surface area (Å²) in [4.78, 5) is 26.6. The van der Waals surface area contributed by atoms with Crippen molar-refractivity contribution in [3.05, 3.63) is 30.2 Å². The van der Waals surface area contributed by atoms with Gasteiger partial charge in [-0.25, -0.2) is 0 Å². The number of likely N-dealkylation sites (tertiary alicyclic amines) is 1. The Bertz CT molecular complexity index is 767. The van der Waals surface area contributed by atoms with Crippen LogP contribution in [0.1, 0.15) is 36.0 Å². The molecule has 0 spiro atoms. The highest BCUT2D eigenvalue weighted by Crippen LogP contribution is 2.32. The quantitative estimate of drug-likeness (QED) is 0.912. The van der Waals surface area contributed by atoms with Crippen LogP contribution in [0.15, 0.2) is 24.7 Å². The summed E-state index contributed by atoms with van der Waals surface area (Å²) >= 11 is 0. The second-order valence-electron chi connectivity index (χ2n) is 6.76. The van der Waals surface area contributed by atoms with Gasteiger partial charge in [-0.3, -0.25) is 14.0 Å². The average Bonchev–Trinajstić information content (AvgIpc) is 3.35. The van der Waals surface area contributed by atoms with E-state index in [-0.39, 0.29) is 11.8 Å². The normalized spacial score (nSPS) is 21.0. The Morgan fingerprint density at radius 2 is 2.17 bits per heavy atom. The van der Waals surface area contributed by atoms with E-state index in [1.807, 2.05) is 17.2 Å². The zero-order valence-corrected chi connectivity index (χ0v) is 13.5. The smallest absolute Gasteiger partial charge is 0.255 e. The molecule has 0 radical (unpaired) electrons. The summed E-state index contributed by atoms with van der Waals surface area (Å²) in [7, 11) is 0. The summed E-state index contributed by atoms with van der Waals surface area (Å²) in [6.45, 7) is 2.20. The van der Waals surface area contributed by atoms with Crippen molar-refractivity contribution in [2.75, 3.05) is 19.6 Å². The molecule has 1 aliphatic heterocycles. The largest absolute Gasteiger partial charge is 0.352 e. The van der Waals surface area contributed by atoms with Gasteiger partial charge < -0.3 is 10.2 Å². The molecule has 2 aliphatic rings. The van der Waals surface area contributed by atoms with Crippen LogP contribution >= 0.6 is 0 Å². The van der Waals surface area contributed by atoms with Gasteiger partial charge in [-0.05, 0) is 43.7 Å². The molecule has 7 nitrogen and oxygen atoms in total. The number of hydrogen-bond donors (Lipinski definition) is 1. The molecule has 24 heavy (non-hydrogen) atoms. The third-order valence-corrected chi connectivity index (χ3v) is 4.88. The van der Waals surface area contributed by atoms with E-state index in [9.17, 15) is 9.59 Å². The monoisotopic (exact) mass is 327 g/mol. The molecule has 2 aromatic heterocycles. The first kappa shape index (κ1) is 15.1. The van der Waals surface area contributed by atoms with Gasteiger partial charge in [-0.2, -0.15) is 0 Å². The summed E-state index contributed by atoms with van der Waals surface area (Å²) in [5, 5.41) is 10.8. The van der Waals surface area contributed by atoms with Gasteiger partial charge in [-0.1, -0.05) is 0 Å². The topological polar surface area (TPSA) is 79.6 Å². The molecule has 7 heteroatoms. The van der Waals surface area contributed by atoms with E-state index in [1.54, 1.807) is 16.8 Å². The van der Waals surface area contributed by atoms with Gasteiger partial charge in [0.15, 0.2) is 5.65 Å². The summed E-state index contributed by atoms with van der Waals surface area (Å²) in [6.07, 6.45) is 7.53. The van der Waals surface area contributed by atoms with E-state index in [0.29, 0.717) is 29.6 Å². The lowest BCUT2D eigenvalue weighted by Gasteiger charge is -2.33. The Labute approximate surface area is 140 Å². The lowest BCUT2D eigenvalue weighted by molar-refractivity contribution is -0.134. The van der Waals surface area contributed by atoms with Gasteiger partial charge in [0, 0.05) is 31.7 Å². The molecule has 126 valence electrons. The maximum absolute atomic E-state index is 12.5. The molecule has 0 unspecified atom stereocenters. The summed E-state index contributed by atoms with van der Waals surface area (Å²) in [5.41, 5.74) is 1.08. The molecule has 1 N–H and O–H groups in total. The SMILES string of the molecule is O=C(NC[C@H]1CCCN(C(=O)C2CC2)C1)c1cccn2cnnc12. The molecule has 1 saturated carbocycles. The summed E-state index contributed by atoms with van der Waals surface area (Å²) < 4.78 is 1.73. The predicted octanol–water partition coefficient (Wildman–Crippen LogP) is 1.11. The summed E-state index contributed by atoms with van der Waals surface area (Å²) in [5.74, 6) is 0.755. The van der Waals surface area contributed by atoms with E-state index >= 15 is 0 Å². The molecule has 2 amide bonds. The second-order valence-corrected chi connectivity index (χ2v) is 6.76. The van der Waals surface area contributed by atoms with Crippen LogP contribution in [0.25, 0.3) is 5.65 Å². The van der Waals surface area contributed by atoms with Crippen LogP contribution < -0.4 is 5.32 Å². The minimum Gasteiger partial charge on any atom is -0.352 e. The molecule has 1 atom stereocenters. The van der Waals surface area contributed by atoms with Gasteiger partial charge in [0.25, 0.3) is 5.91 Å². The number of nitrogens with zero attached hydrogens (tertiary/aromatic N) is 4. The van der Waals surface area contributed by atoms with Crippen LogP contribution in [-0.2, 0) is 4.79 Å². The van der Waals surface area contributed by atoms with Gasteiger partial charge >= 0.3 is 0 Å². The fourth-order valence-electron chi connectivity index (χ4n) is 3.38. The van der Waals surface area contributed by atoms with Crippen LogP contribution in [-0.4, -0.2) is 50.9 Å². The van der Waals surface area contributed by atoms with Gasteiger partial charge in [0.1, 0.15) is 6.33 Å². The van der Waals surface area contributed by atoms with Crippen molar-refractivity contribution < 1.29 is 9.59 Å². The third-order valence-electron chi connectivity index (χ3n) is 4.88. The van der Waals surface area contributed by atoms with Crippen molar-refractivity contribution >= 4 is 17.5 Å². The van der Waals surface area contributed by atoms with E-state index in [4.69, 9.17) is 0 Å². The predicted molar refractivity (Wildman–Crippen MR) is 87.3 cm³/mol. The Morgan fingerprint density at radius 3 is 3.00 bits per heavy atom. The number of rotatable bonds is 4. The van der Waals surface area contributed by atoms with Crippen molar-refractivity contribution in [2.24, 2.45) is 11.8 Å². The molecule has 2 fully saturated rings. The Morgan fingerprint density at radius 1 is 1.29 bits per heavy atom. The standard InChI is InChI=1S/C17H21N5O2/c23-16(14-4-2-8-22-11-19-20-15(14)22)18-9-12-3-1-7-21(10-12)17(24)13-5-6-13/h2,4,8,11-13H,1,3,5-7,9-10H2,(H,18,23)/t12-/m1/s1. The number of amides is 2. The number of aromatic nitrogens is 3. The van der Waals surface area contributed by atoms with Crippen LogP contribution in [0.5, 0.6) is 0 Å². The maximum Gasteiger partial charge on any atom is 0.255 e. The van der Waals surface area contributed by atoms with E-state index in [0.717, 1.165) is 38.8 Å². The number of fused-ring (bicyclic) bond motifs is 1. The highest BCUT2D eigenvalue weighted by Gasteiger charge is 2.35.